The van der Waals surface area contributed by atoms with Gasteiger partial charge in [0.2, 0.25) is 0 Å². The van der Waals surface area contributed by atoms with E-state index in [4.69, 9.17) is 4.42 Å². The van der Waals surface area contributed by atoms with E-state index in [1.54, 1.807) is 19.3 Å². The standard InChI is InChI=1S/C19H18FNO/c1-12-3-4-13(8-18(12)20)17-11-21(2)10-15-9-19-14(5-6-22-19)7-16(15)17/h3-9,17H,10-11H2,1-2H3. The van der Waals surface area contributed by atoms with Gasteiger partial charge >= 0.3 is 0 Å². The SMILES string of the molecule is Cc1ccc(C2CN(C)Cc3cc4occc4cc32)cc1F. The molecule has 0 saturated carbocycles. The summed E-state index contributed by atoms with van der Waals surface area (Å²) in [6.07, 6.45) is 1.72. The number of hydrogen-bond acceptors (Lipinski definition) is 2. The van der Waals surface area contributed by atoms with Crippen molar-refractivity contribution in [1.29, 1.82) is 0 Å². The second kappa shape index (κ2) is 4.96. The van der Waals surface area contributed by atoms with Crippen LogP contribution in [0.15, 0.2) is 47.1 Å². The summed E-state index contributed by atoms with van der Waals surface area (Å²) in [5.41, 5.74) is 5.21. The van der Waals surface area contributed by atoms with Gasteiger partial charge in [0.1, 0.15) is 11.4 Å². The lowest BCUT2D eigenvalue weighted by atomic mass is 9.84. The Morgan fingerprint density at radius 1 is 1.18 bits per heavy atom. The zero-order valence-electron chi connectivity index (χ0n) is 12.8. The lowest BCUT2D eigenvalue weighted by Crippen LogP contribution is -2.31. The highest BCUT2D eigenvalue weighted by Crippen LogP contribution is 2.36. The van der Waals surface area contributed by atoms with Crippen LogP contribution < -0.4 is 0 Å². The molecular weight excluding hydrogens is 277 g/mol. The van der Waals surface area contributed by atoms with Crippen molar-refractivity contribution in [1.82, 2.24) is 4.90 Å². The van der Waals surface area contributed by atoms with Gasteiger partial charge in [-0.05, 0) is 60.5 Å². The van der Waals surface area contributed by atoms with E-state index in [2.05, 4.69) is 24.1 Å². The number of rotatable bonds is 1. The maximum Gasteiger partial charge on any atom is 0.134 e. The third-order valence-electron chi connectivity index (χ3n) is 4.62. The maximum absolute atomic E-state index is 14.0. The molecule has 2 heterocycles. The predicted molar refractivity (Wildman–Crippen MR) is 85.5 cm³/mol. The number of likely N-dealkylation sites (N-methyl/N-ethyl adjacent to an activating group) is 1. The lowest BCUT2D eigenvalue weighted by Gasteiger charge is -2.32. The van der Waals surface area contributed by atoms with Crippen LogP contribution in [0.5, 0.6) is 0 Å². The molecule has 0 amide bonds. The second-order valence-corrected chi connectivity index (χ2v) is 6.27. The molecule has 4 rings (SSSR count). The zero-order chi connectivity index (χ0) is 15.3. The van der Waals surface area contributed by atoms with Crippen LogP contribution in [0, 0.1) is 12.7 Å². The molecule has 3 heteroatoms. The fourth-order valence-electron chi connectivity index (χ4n) is 3.41. The fourth-order valence-corrected chi connectivity index (χ4v) is 3.41. The van der Waals surface area contributed by atoms with Gasteiger partial charge in [-0.3, -0.25) is 0 Å². The van der Waals surface area contributed by atoms with Crippen LogP contribution in [-0.2, 0) is 6.54 Å². The van der Waals surface area contributed by atoms with Crippen LogP contribution in [0.1, 0.15) is 28.2 Å². The van der Waals surface area contributed by atoms with Crippen LogP contribution in [0.25, 0.3) is 11.0 Å². The number of hydrogen-bond donors (Lipinski definition) is 0. The first-order valence-corrected chi connectivity index (χ1v) is 7.56. The monoisotopic (exact) mass is 295 g/mol. The normalized spacial score (nSPS) is 18.6. The minimum absolute atomic E-state index is 0.128. The van der Waals surface area contributed by atoms with Gasteiger partial charge in [0.15, 0.2) is 0 Å². The summed E-state index contributed by atoms with van der Waals surface area (Å²) in [5.74, 6) is 0.0693. The maximum atomic E-state index is 14.0. The molecule has 2 aromatic carbocycles. The summed E-state index contributed by atoms with van der Waals surface area (Å²) in [7, 11) is 2.10. The molecule has 22 heavy (non-hydrogen) atoms. The third kappa shape index (κ3) is 2.13. The molecule has 0 spiro atoms. The van der Waals surface area contributed by atoms with Gasteiger partial charge < -0.3 is 9.32 Å². The molecule has 1 unspecified atom stereocenters. The van der Waals surface area contributed by atoms with E-state index in [1.807, 2.05) is 18.2 Å². The summed E-state index contributed by atoms with van der Waals surface area (Å²) >= 11 is 0. The van der Waals surface area contributed by atoms with E-state index in [0.29, 0.717) is 5.56 Å². The number of furan rings is 1. The molecule has 0 N–H and O–H groups in total. The highest BCUT2D eigenvalue weighted by Gasteiger charge is 2.26. The van der Waals surface area contributed by atoms with Gasteiger partial charge in [-0.2, -0.15) is 0 Å². The van der Waals surface area contributed by atoms with Crippen LogP contribution in [-0.4, -0.2) is 18.5 Å². The van der Waals surface area contributed by atoms with Gasteiger partial charge in [-0.15, -0.1) is 0 Å². The molecule has 2 nitrogen and oxygen atoms in total. The van der Waals surface area contributed by atoms with Gasteiger partial charge in [-0.25, -0.2) is 4.39 Å². The molecular formula is C19H18FNO. The van der Waals surface area contributed by atoms with E-state index in [0.717, 1.165) is 29.6 Å². The fraction of sp³-hybridized carbons (Fsp3) is 0.263. The highest BCUT2D eigenvalue weighted by molar-refractivity contribution is 5.79. The molecule has 1 atom stereocenters. The highest BCUT2D eigenvalue weighted by atomic mass is 19.1. The largest absolute Gasteiger partial charge is 0.464 e. The summed E-state index contributed by atoms with van der Waals surface area (Å²) in [4.78, 5) is 2.28. The minimum atomic E-state index is -0.128. The van der Waals surface area contributed by atoms with E-state index in [1.165, 1.54) is 11.1 Å². The Bertz CT molecular complexity index is 852. The molecule has 1 aliphatic rings. The van der Waals surface area contributed by atoms with Crippen LogP contribution in [0.4, 0.5) is 4.39 Å². The first kappa shape index (κ1) is 13.5. The molecule has 0 bridgehead atoms. The lowest BCUT2D eigenvalue weighted by molar-refractivity contribution is 0.295. The third-order valence-corrected chi connectivity index (χ3v) is 4.62. The molecule has 1 aromatic heterocycles. The number of benzene rings is 2. The Labute approximate surface area is 129 Å². The molecule has 0 radical (unpaired) electrons. The van der Waals surface area contributed by atoms with Gasteiger partial charge in [0.05, 0.1) is 6.26 Å². The number of halogens is 1. The minimum Gasteiger partial charge on any atom is -0.464 e. The molecule has 1 aliphatic heterocycles. The summed E-state index contributed by atoms with van der Waals surface area (Å²) in [5, 5.41) is 1.11. The predicted octanol–water partition coefficient (Wildman–Crippen LogP) is 4.46. The van der Waals surface area contributed by atoms with E-state index in [9.17, 15) is 4.39 Å². The second-order valence-electron chi connectivity index (χ2n) is 6.27. The van der Waals surface area contributed by atoms with Crippen molar-refractivity contribution in [2.24, 2.45) is 0 Å². The van der Waals surface area contributed by atoms with Crippen molar-refractivity contribution in [3.8, 4) is 0 Å². The Balaban J connectivity index is 1.88. The van der Waals surface area contributed by atoms with Crippen molar-refractivity contribution in [2.45, 2.75) is 19.4 Å². The molecule has 0 aliphatic carbocycles. The van der Waals surface area contributed by atoms with Crippen molar-refractivity contribution < 1.29 is 8.81 Å². The zero-order valence-corrected chi connectivity index (χ0v) is 12.8. The Kier molecular flexibility index (Phi) is 3.05. The Hall–Kier alpha value is -2.13. The first-order chi connectivity index (χ1) is 10.6. The average Bonchev–Trinajstić information content (AvgIpc) is 2.94. The smallest absolute Gasteiger partial charge is 0.134 e. The van der Waals surface area contributed by atoms with E-state index in [-0.39, 0.29) is 11.7 Å². The van der Waals surface area contributed by atoms with Crippen LogP contribution >= 0.6 is 0 Å². The van der Waals surface area contributed by atoms with Gasteiger partial charge in [0.25, 0.3) is 0 Å². The Morgan fingerprint density at radius 2 is 2.05 bits per heavy atom. The van der Waals surface area contributed by atoms with Gasteiger partial charge in [0, 0.05) is 24.4 Å². The van der Waals surface area contributed by atoms with Crippen molar-refractivity contribution in [3.05, 3.63) is 70.7 Å². The van der Waals surface area contributed by atoms with E-state index >= 15 is 0 Å². The van der Waals surface area contributed by atoms with Crippen molar-refractivity contribution in [3.63, 3.8) is 0 Å². The Morgan fingerprint density at radius 3 is 2.86 bits per heavy atom. The molecule has 112 valence electrons. The van der Waals surface area contributed by atoms with Crippen molar-refractivity contribution >= 4 is 11.0 Å². The number of nitrogens with zero attached hydrogens (tertiary/aromatic N) is 1. The topological polar surface area (TPSA) is 16.4 Å². The quantitative estimate of drug-likeness (QED) is 0.659. The summed E-state index contributed by atoms with van der Waals surface area (Å²) in [6, 6.07) is 11.9. The van der Waals surface area contributed by atoms with Crippen LogP contribution in [0.2, 0.25) is 0 Å². The molecule has 3 aromatic rings. The number of aryl methyl sites for hydroxylation is 1. The molecule has 0 fully saturated rings. The summed E-state index contributed by atoms with van der Waals surface area (Å²) in [6.45, 7) is 3.60. The first-order valence-electron chi connectivity index (χ1n) is 7.56. The van der Waals surface area contributed by atoms with Crippen LogP contribution in [0.3, 0.4) is 0 Å². The van der Waals surface area contributed by atoms with Gasteiger partial charge in [-0.1, -0.05) is 12.1 Å². The van der Waals surface area contributed by atoms with E-state index < -0.39 is 0 Å². The molecule has 0 saturated heterocycles. The summed E-state index contributed by atoms with van der Waals surface area (Å²) < 4.78 is 19.5. The van der Waals surface area contributed by atoms with Crippen molar-refractivity contribution in [2.75, 3.05) is 13.6 Å². The average molecular weight is 295 g/mol. The number of fused-ring (bicyclic) bond motifs is 2.